The molecule has 0 aromatic heterocycles. The van der Waals surface area contributed by atoms with Crippen molar-refractivity contribution < 1.29 is 18.8 Å². The Hall–Kier alpha value is 0.547. The van der Waals surface area contributed by atoms with Crippen molar-refractivity contribution in [3.8, 4) is 0 Å². The van der Waals surface area contributed by atoms with E-state index in [2.05, 4.69) is 0 Å². The molecule has 0 radical (unpaired) electrons. The predicted octanol–water partition coefficient (Wildman–Crippen LogP) is -2.11. The Bertz CT molecular complexity index is 33.8. The van der Waals surface area contributed by atoms with Gasteiger partial charge in [-0.1, -0.05) is 0 Å². The van der Waals surface area contributed by atoms with Gasteiger partial charge in [0.2, 0.25) is 0 Å². The number of hydrogen-bond acceptors (Lipinski definition) is 1. The van der Waals surface area contributed by atoms with E-state index in [0.717, 1.165) is 0 Å². The van der Waals surface area contributed by atoms with Crippen molar-refractivity contribution in [2.75, 3.05) is 0 Å². The molecule has 6 heteroatoms. The summed E-state index contributed by atoms with van der Waals surface area (Å²) in [4.78, 5) is 14.3. The minimum atomic E-state index is -3.13. The Morgan fingerprint density at radius 2 is 1.33 bits per heavy atom. The Morgan fingerprint density at radius 1 is 1.33 bits per heavy atom. The van der Waals surface area contributed by atoms with Crippen LogP contribution in [0, 0.1) is 0 Å². The van der Waals surface area contributed by atoms with Gasteiger partial charge in [-0.15, -0.1) is 0 Å². The van der Waals surface area contributed by atoms with Crippen LogP contribution < -0.4 is 0 Å². The van der Waals surface area contributed by atoms with Gasteiger partial charge in [0, 0.05) is 0 Å². The molecule has 0 spiro atoms. The second kappa shape index (κ2) is 9.12. The molecule has 0 aromatic rings. The molecule has 0 unspecified atom stereocenters. The maximum atomic E-state index is 8.74. The van der Waals surface area contributed by atoms with E-state index in [1.54, 1.807) is 0 Å². The molecule has 0 heterocycles. The first kappa shape index (κ1) is 16.0. The van der Waals surface area contributed by atoms with Gasteiger partial charge in [-0.2, -0.15) is 0 Å². The third-order valence-corrected chi connectivity index (χ3v) is 0. The molecule has 3 nitrogen and oxygen atoms in total. The fraction of sp³-hybridized carbons (Fsp3) is 0. The van der Waals surface area contributed by atoms with Crippen LogP contribution in [0.5, 0.6) is 0 Å². The first-order chi connectivity index (χ1) is 1.73. The molecule has 0 bridgehead atoms. The van der Waals surface area contributed by atoms with Crippen molar-refractivity contribution in [3.05, 3.63) is 0 Å². The van der Waals surface area contributed by atoms with Crippen molar-refractivity contribution in [2.24, 2.45) is 0 Å². The van der Waals surface area contributed by atoms with Crippen molar-refractivity contribution >= 4 is 38.7 Å². The molecule has 0 aliphatic carbocycles. The summed E-state index contributed by atoms with van der Waals surface area (Å²) in [7, 11) is -3.13. The van der Waals surface area contributed by atoms with Gasteiger partial charge in [-0.3, -0.25) is 9.17 Å². The van der Waals surface area contributed by atoms with E-state index in [4.69, 9.17) is 14.1 Å². The molecule has 0 aliphatic heterocycles. The second-order valence-corrected chi connectivity index (χ2v) is 0.848. The topological polar surface area (TPSA) is 57.5 Å². The quantitative estimate of drug-likeness (QED) is 0.361. The Morgan fingerprint density at radius 3 is 1.33 bits per heavy atom. The van der Waals surface area contributed by atoms with Crippen molar-refractivity contribution in [1.82, 2.24) is 0 Å². The van der Waals surface area contributed by atoms with E-state index in [-0.39, 0.29) is 34.3 Å². The molecule has 34 valence electrons. The summed E-state index contributed by atoms with van der Waals surface area (Å²) in [5, 5.41) is 0. The first-order valence-electron chi connectivity index (χ1n) is 0.651. The number of rotatable bonds is 0. The molecule has 0 saturated carbocycles. The summed E-state index contributed by atoms with van der Waals surface area (Å²) in [6.45, 7) is 0. The molecule has 0 aromatic carbocycles. The van der Waals surface area contributed by atoms with E-state index >= 15 is 0 Å². The van der Waals surface area contributed by atoms with Gasteiger partial charge in [-0.05, 0) is 0 Å². The van der Waals surface area contributed by atoms with Gasteiger partial charge in [0.05, 0.1) is 0 Å². The average Bonchev–Trinajstić information content (AvgIpc) is 0.811. The van der Waals surface area contributed by atoms with E-state index in [0.29, 0.717) is 0 Å². The summed E-state index contributed by atoms with van der Waals surface area (Å²) in [6, 6.07) is 0. The zero-order valence-corrected chi connectivity index (χ0v) is 3.21. The van der Waals surface area contributed by atoms with Crippen LogP contribution in [0.1, 0.15) is 0 Å². The third kappa shape index (κ3) is 191. The van der Waals surface area contributed by atoms with Gasteiger partial charge in [0.15, 0.2) is 0 Å². The molecule has 0 fully saturated rings. The van der Waals surface area contributed by atoms with E-state index in [1.165, 1.54) is 0 Å². The van der Waals surface area contributed by atoms with E-state index in [9.17, 15) is 0 Å². The molecule has 0 saturated heterocycles. The fourth-order valence-electron chi connectivity index (χ4n) is 0. The van der Waals surface area contributed by atoms with Crippen LogP contribution in [0.15, 0.2) is 0 Å². The summed E-state index contributed by atoms with van der Waals surface area (Å²) < 4.78 is 8.74. The molecular weight excluding hydrogens is 118 g/mol. The van der Waals surface area contributed by atoms with E-state index in [1.807, 2.05) is 0 Å². The summed E-state index contributed by atoms with van der Waals surface area (Å²) in [6.07, 6.45) is 0. The SMILES string of the molecule is F.O=[Si](O)O.[NaH]. The Kier molecular flexibility index (Phi) is 24.3. The van der Waals surface area contributed by atoms with Gasteiger partial charge in [0.25, 0.3) is 0 Å². The van der Waals surface area contributed by atoms with Gasteiger partial charge in [0.1, 0.15) is 0 Å². The zero-order chi connectivity index (χ0) is 3.58. The fourth-order valence-corrected chi connectivity index (χ4v) is 0. The molecule has 0 aliphatic rings. The molecular formula is H4FNaO3Si. The van der Waals surface area contributed by atoms with E-state index < -0.39 is 9.17 Å². The maximum absolute atomic E-state index is 8.74. The third-order valence-electron chi connectivity index (χ3n) is 0. The molecule has 6 heavy (non-hydrogen) atoms. The zero-order valence-electron chi connectivity index (χ0n) is 2.21. The van der Waals surface area contributed by atoms with Crippen molar-refractivity contribution in [2.45, 2.75) is 0 Å². The average molecular weight is 122 g/mol. The van der Waals surface area contributed by atoms with Crippen LogP contribution in [0.3, 0.4) is 0 Å². The normalized spacial score (nSPS) is 4.00. The molecule has 0 rings (SSSR count). The minimum absolute atomic E-state index is 0. The standard InChI is InChI=1S/FH.Na.H2O3Si.H/c;;1-4(2)3;/h1H;;1-2H;. The number of hydrogen-bond donors (Lipinski definition) is 2. The predicted molar refractivity (Wildman–Crippen MR) is 20.5 cm³/mol. The van der Waals surface area contributed by atoms with Crippen LogP contribution >= 0.6 is 0 Å². The second-order valence-electron chi connectivity index (χ2n) is 0.283. The molecule has 0 amide bonds. The molecule has 0 atom stereocenters. The van der Waals surface area contributed by atoms with Crippen LogP contribution in [-0.2, 0) is 4.46 Å². The molecule has 2 N–H and O–H groups in total. The summed E-state index contributed by atoms with van der Waals surface area (Å²) in [5.74, 6) is 0. The monoisotopic (exact) mass is 122 g/mol. The Balaban J connectivity index is -0.0000000450. The van der Waals surface area contributed by atoms with Gasteiger partial charge < -0.3 is 9.59 Å². The van der Waals surface area contributed by atoms with Crippen LogP contribution in [0.2, 0.25) is 0 Å². The van der Waals surface area contributed by atoms with Gasteiger partial charge in [-0.25, -0.2) is 0 Å². The van der Waals surface area contributed by atoms with Crippen molar-refractivity contribution in [1.29, 1.82) is 0 Å². The van der Waals surface area contributed by atoms with Crippen LogP contribution in [0.4, 0.5) is 4.70 Å². The van der Waals surface area contributed by atoms with Crippen LogP contribution in [-0.4, -0.2) is 48.3 Å². The summed E-state index contributed by atoms with van der Waals surface area (Å²) >= 11 is 0. The number of halogens is 1. The summed E-state index contributed by atoms with van der Waals surface area (Å²) in [5.41, 5.74) is 0. The van der Waals surface area contributed by atoms with Crippen LogP contribution in [0.25, 0.3) is 0 Å². The van der Waals surface area contributed by atoms with Crippen molar-refractivity contribution in [3.63, 3.8) is 0 Å². The van der Waals surface area contributed by atoms with Gasteiger partial charge >= 0.3 is 38.7 Å². The Labute approximate surface area is 57.6 Å². The first-order valence-corrected chi connectivity index (χ1v) is 1.95.